The summed E-state index contributed by atoms with van der Waals surface area (Å²) in [5.41, 5.74) is 0.392. The number of carbonyl (C=O) groups is 1. The Morgan fingerprint density at radius 3 is 2.46 bits per heavy atom. The molecule has 0 saturated carbocycles. The van der Waals surface area contributed by atoms with Crippen LogP contribution in [0.2, 0.25) is 0 Å². The number of rotatable bonds is 7. The number of alkyl halides is 3. The molecule has 7 nitrogen and oxygen atoms in total. The first-order chi connectivity index (χ1) is 16.8. The van der Waals surface area contributed by atoms with Crippen LogP contribution in [0.15, 0.2) is 84.0 Å². The van der Waals surface area contributed by atoms with Crippen LogP contribution in [0, 0.1) is 0 Å². The van der Waals surface area contributed by atoms with Crippen molar-refractivity contribution >= 4 is 23.4 Å². The predicted octanol–water partition coefficient (Wildman–Crippen LogP) is 5.16. The van der Waals surface area contributed by atoms with Crippen molar-refractivity contribution in [3.05, 3.63) is 90.0 Å². The molecule has 1 aromatic heterocycles. The number of nitrogen functional groups attached to an aromatic ring is 1. The lowest BCUT2D eigenvalue weighted by molar-refractivity contribution is -0.137. The lowest BCUT2D eigenvalue weighted by atomic mass is 10.1. The standard InChI is InChI=1S/C24H20F3N5O2S/c1-34-19-13-6-5-12-18(19)21-30-31-23(32(21)28)35-20(15-8-3-2-4-9-15)22(33)29-17-11-7-10-16(14-17)24(25,26)27/h2-14,20H,28H2,1H3,(H,29,33). The normalized spacial score (nSPS) is 12.2. The zero-order chi connectivity index (χ0) is 25.0. The van der Waals surface area contributed by atoms with Gasteiger partial charge in [0.15, 0.2) is 5.82 Å². The fraction of sp³-hybridized carbons (Fsp3) is 0.125. The van der Waals surface area contributed by atoms with Crippen LogP contribution in [0.4, 0.5) is 18.9 Å². The highest BCUT2D eigenvalue weighted by Gasteiger charge is 2.31. The number of amides is 1. The Kier molecular flexibility index (Phi) is 6.97. The number of benzene rings is 3. The minimum Gasteiger partial charge on any atom is -0.496 e. The zero-order valence-corrected chi connectivity index (χ0v) is 19.2. The Hall–Kier alpha value is -3.99. The fourth-order valence-electron chi connectivity index (χ4n) is 3.36. The Balaban J connectivity index is 1.64. The van der Waals surface area contributed by atoms with Gasteiger partial charge in [0, 0.05) is 5.69 Å². The van der Waals surface area contributed by atoms with Crippen LogP contribution in [-0.2, 0) is 11.0 Å². The molecule has 4 rings (SSSR count). The number of nitrogens with one attached hydrogen (secondary N) is 1. The van der Waals surface area contributed by atoms with Gasteiger partial charge in [-0.25, -0.2) is 4.68 Å². The molecule has 11 heteroatoms. The van der Waals surface area contributed by atoms with E-state index in [1.807, 2.05) is 0 Å². The fourth-order valence-corrected chi connectivity index (χ4v) is 4.32. The van der Waals surface area contributed by atoms with Crippen LogP contribution in [0.3, 0.4) is 0 Å². The van der Waals surface area contributed by atoms with Crippen LogP contribution >= 0.6 is 11.8 Å². The molecule has 0 aliphatic rings. The van der Waals surface area contributed by atoms with Gasteiger partial charge in [0.2, 0.25) is 11.1 Å². The first-order valence-electron chi connectivity index (χ1n) is 10.3. The second kappa shape index (κ2) is 10.1. The number of methoxy groups -OCH3 is 1. The maximum atomic E-state index is 13.2. The summed E-state index contributed by atoms with van der Waals surface area (Å²) in [6, 6.07) is 20.4. The van der Waals surface area contributed by atoms with Crippen LogP contribution in [-0.4, -0.2) is 27.9 Å². The third-order valence-electron chi connectivity index (χ3n) is 5.03. The molecule has 0 spiro atoms. The predicted molar refractivity (Wildman–Crippen MR) is 127 cm³/mol. The number of ether oxygens (including phenoxy) is 1. The van der Waals surface area contributed by atoms with Gasteiger partial charge in [-0.1, -0.05) is 60.3 Å². The van der Waals surface area contributed by atoms with Gasteiger partial charge in [-0.3, -0.25) is 4.79 Å². The lowest BCUT2D eigenvalue weighted by Gasteiger charge is -2.17. The highest BCUT2D eigenvalue weighted by Crippen LogP contribution is 2.37. The van der Waals surface area contributed by atoms with Crippen LogP contribution in [0.25, 0.3) is 11.4 Å². The van der Waals surface area contributed by atoms with Gasteiger partial charge in [0.05, 0.1) is 18.2 Å². The number of hydrogen-bond acceptors (Lipinski definition) is 6. The number of nitrogens with zero attached hydrogens (tertiary/aromatic N) is 3. The first-order valence-corrected chi connectivity index (χ1v) is 11.2. The van der Waals surface area contributed by atoms with Crippen LogP contribution < -0.4 is 15.9 Å². The molecule has 0 saturated heterocycles. The molecule has 1 unspecified atom stereocenters. The summed E-state index contributed by atoms with van der Waals surface area (Å²) >= 11 is 1.02. The highest BCUT2D eigenvalue weighted by molar-refractivity contribution is 8.00. The minimum atomic E-state index is -4.53. The first kappa shape index (κ1) is 24.1. The number of hydrogen-bond donors (Lipinski definition) is 2. The monoisotopic (exact) mass is 499 g/mol. The van der Waals surface area contributed by atoms with Crippen molar-refractivity contribution < 1.29 is 22.7 Å². The number of nitrogens with two attached hydrogens (primary N) is 1. The summed E-state index contributed by atoms with van der Waals surface area (Å²) in [5, 5.41) is 10.2. The van der Waals surface area contributed by atoms with E-state index in [1.165, 1.54) is 23.9 Å². The summed E-state index contributed by atoms with van der Waals surface area (Å²) in [7, 11) is 1.52. The van der Waals surface area contributed by atoms with Gasteiger partial charge in [-0.15, -0.1) is 10.2 Å². The SMILES string of the molecule is COc1ccccc1-c1nnc(SC(C(=O)Nc2cccc(C(F)(F)F)c2)c2ccccc2)n1N. The summed E-state index contributed by atoms with van der Waals surface area (Å²) in [6.45, 7) is 0. The Morgan fingerprint density at radius 2 is 1.74 bits per heavy atom. The van der Waals surface area contributed by atoms with Crippen molar-refractivity contribution in [2.45, 2.75) is 16.6 Å². The number of para-hydroxylation sites is 1. The van der Waals surface area contributed by atoms with E-state index >= 15 is 0 Å². The Labute approximate surface area is 203 Å². The van der Waals surface area contributed by atoms with E-state index < -0.39 is 22.9 Å². The van der Waals surface area contributed by atoms with E-state index in [-0.39, 0.29) is 10.8 Å². The molecule has 0 aliphatic carbocycles. The molecule has 4 aromatic rings. The molecule has 0 aliphatic heterocycles. The Morgan fingerprint density at radius 1 is 1.03 bits per heavy atom. The average molecular weight is 500 g/mol. The van der Waals surface area contributed by atoms with Gasteiger partial charge in [-0.05, 0) is 35.9 Å². The van der Waals surface area contributed by atoms with E-state index in [0.29, 0.717) is 22.7 Å². The van der Waals surface area contributed by atoms with Crippen LogP contribution in [0.1, 0.15) is 16.4 Å². The van der Waals surface area contributed by atoms with Crippen molar-refractivity contribution in [1.82, 2.24) is 14.9 Å². The third kappa shape index (κ3) is 5.40. The molecule has 180 valence electrons. The van der Waals surface area contributed by atoms with Gasteiger partial charge < -0.3 is 15.9 Å². The van der Waals surface area contributed by atoms with E-state index in [0.717, 1.165) is 23.9 Å². The summed E-state index contributed by atoms with van der Waals surface area (Å²) in [6.07, 6.45) is -4.53. The summed E-state index contributed by atoms with van der Waals surface area (Å²) in [5.74, 6) is 6.60. The number of aromatic nitrogens is 3. The Bertz CT molecular complexity index is 1330. The van der Waals surface area contributed by atoms with Crippen molar-refractivity contribution in [2.75, 3.05) is 18.3 Å². The molecule has 1 amide bonds. The van der Waals surface area contributed by atoms with Crippen molar-refractivity contribution in [1.29, 1.82) is 0 Å². The molecule has 3 aromatic carbocycles. The molecule has 0 fully saturated rings. The second-order valence-corrected chi connectivity index (χ2v) is 8.43. The van der Waals surface area contributed by atoms with Gasteiger partial charge in [-0.2, -0.15) is 13.2 Å². The molecule has 35 heavy (non-hydrogen) atoms. The number of halogens is 3. The molecule has 3 N–H and O–H groups in total. The van der Waals surface area contributed by atoms with Gasteiger partial charge in [0.25, 0.3) is 0 Å². The molecule has 0 radical (unpaired) electrons. The average Bonchev–Trinajstić information content (AvgIpc) is 3.22. The van der Waals surface area contributed by atoms with E-state index in [2.05, 4.69) is 15.5 Å². The molecule has 1 heterocycles. The lowest BCUT2D eigenvalue weighted by Crippen LogP contribution is -2.21. The van der Waals surface area contributed by atoms with E-state index in [9.17, 15) is 18.0 Å². The molecular weight excluding hydrogens is 479 g/mol. The third-order valence-corrected chi connectivity index (χ3v) is 6.24. The van der Waals surface area contributed by atoms with Crippen molar-refractivity contribution in [2.24, 2.45) is 0 Å². The number of carbonyl (C=O) groups excluding carboxylic acids is 1. The largest absolute Gasteiger partial charge is 0.496 e. The van der Waals surface area contributed by atoms with Gasteiger partial charge in [0.1, 0.15) is 11.0 Å². The molecule has 0 bridgehead atoms. The van der Waals surface area contributed by atoms with E-state index in [1.54, 1.807) is 54.6 Å². The molecular formula is C24H20F3N5O2S. The quantitative estimate of drug-likeness (QED) is 0.270. The highest BCUT2D eigenvalue weighted by atomic mass is 32.2. The zero-order valence-electron chi connectivity index (χ0n) is 18.4. The van der Waals surface area contributed by atoms with Crippen molar-refractivity contribution in [3.63, 3.8) is 0 Å². The number of anilines is 1. The summed E-state index contributed by atoms with van der Waals surface area (Å²) < 4.78 is 45.9. The maximum absolute atomic E-state index is 13.2. The smallest absolute Gasteiger partial charge is 0.416 e. The second-order valence-electron chi connectivity index (χ2n) is 7.35. The number of thioether (sulfide) groups is 1. The summed E-state index contributed by atoms with van der Waals surface area (Å²) in [4.78, 5) is 13.2. The van der Waals surface area contributed by atoms with E-state index in [4.69, 9.17) is 10.6 Å². The van der Waals surface area contributed by atoms with Gasteiger partial charge >= 0.3 is 6.18 Å². The van der Waals surface area contributed by atoms with Crippen molar-refractivity contribution in [3.8, 4) is 17.1 Å². The maximum Gasteiger partial charge on any atom is 0.416 e. The minimum absolute atomic E-state index is 0.0234. The topological polar surface area (TPSA) is 95.1 Å². The van der Waals surface area contributed by atoms with Crippen LogP contribution in [0.5, 0.6) is 5.75 Å². The molecule has 1 atom stereocenters.